The highest BCUT2D eigenvalue weighted by Gasteiger charge is 2.33. The predicted octanol–water partition coefficient (Wildman–Crippen LogP) is 0.589. The molecule has 114 valence electrons. The van der Waals surface area contributed by atoms with E-state index in [-0.39, 0.29) is 22.9 Å². The minimum atomic E-state index is -3.61. The van der Waals surface area contributed by atoms with E-state index in [0.717, 1.165) is 15.8 Å². The highest BCUT2D eigenvalue weighted by Crippen LogP contribution is 2.37. The van der Waals surface area contributed by atoms with Gasteiger partial charge in [-0.05, 0) is 25.4 Å². The molecule has 9 heteroatoms. The van der Waals surface area contributed by atoms with Crippen LogP contribution < -0.4 is 10.6 Å². The number of nitrogens with two attached hydrogens (primary N) is 1. The fourth-order valence-corrected chi connectivity index (χ4v) is 4.49. The fraction of sp³-hybridized carbons (Fsp3) is 0.727. The van der Waals surface area contributed by atoms with Gasteiger partial charge in [-0.25, -0.2) is 12.7 Å². The van der Waals surface area contributed by atoms with E-state index in [9.17, 15) is 8.42 Å². The Balaban J connectivity index is 2.44. The van der Waals surface area contributed by atoms with Crippen molar-refractivity contribution in [3.8, 4) is 0 Å². The van der Waals surface area contributed by atoms with E-state index in [1.165, 1.54) is 14.1 Å². The van der Waals surface area contributed by atoms with Gasteiger partial charge in [0, 0.05) is 27.2 Å². The van der Waals surface area contributed by atoms with Crippen molar-refractivity contribution in [3.05, 3.63) is 0 Å². The van der Waals surface area contributed by atoms with Crippen molar-refractivity contribution >= 4 is 32.4 Å². The van der Waals surface area contributed by atoms with Crippen LogP contribution in [0.2, 0.25) is 0 Å². The van der Waals surface area contributed by atoms with Crippen molar-refractivity contribution in [1.29, 1.82) is 0 Å². The average molecular weight is 320 g/mol. The number of rotatable bonds is 3. The molecule has 0 radical (unpaired) electrons. The van der Waals surface area contributed by atoms with Gasteiger partial charge < -0.3 is 15.4 Å². The summed E-state index contributed by atoms with van der Waals surface area (Å²) in [5.74, 6) is 0.0606. The molecule has 1 fully saturated rings. The summed E-state index contributed by atoms with van der Waals surface area (Å²) >= 11 is 1.12. The normalized spacial score (nSPS) is 24.4. The third-order valence-electron chi connectivity index (χ3n) is 3.10. The van der Waals surface area contributed by atoms with E-state index in [2.05, 4.69) is 4.37 Å². The minimum Gasteiger partial charge on any atom is -0.382 e. The summed E-state index contributed by atoms with van der Waals surface area (Å²) in [6, 6.07) is 0. The number of ether oxygens (including phenoxy) is 1. The van der Waals surface area contributed by atoms with Crippen LogP contribution >= 0.6 is 11.5 Å². The summed E-state index contributed by atoms with van der Waals surface area (Å²) in [5.41, 5.74) is 5.78. The molecule has 1 saturated heterocycles. The average Bonchev–Trinajstić information content (AvgIpc) is 2.70. The fourth-order valence-electron chi connectivity index (χ4n) is 2.25. The van der Waals surface area contributed by atoms with Crippen LogP contribution in [-0.2, 0) is 14.8 Å². The van der Waals surface area contributed by atoms with E-state index >= 15 is 0 Å². The van der Waals surface area contributed by atoms with Crippen LogP contribution in [0.15, 0.2) is 4.90 Å². The van der Waals surface area contributed by atoms with Gasteiger partial charge in [0.1, 0.15) is 5.00 Å². The summed E-state index contributed by atoms with van der Waals surface area (Å²) in [6.45, 7) is 5.18. The number of morpholine rings is 1. The molecule has 1 aromatic heterocycles. The maximum Gasteiger partial charge on any atom is 0.249 e. The molecule has 2 N–H and O–H groups in total. The van der Waals surface area contributed by atoms with Gasteiger partial charge in [0.15, 0.2) is 10.7 Å². The van der Waals surface area contributed by atoms with Crippen LogP contribution in [0.4, 0.5) is 10.8 Å². The van der Waals surface area contributed by atoms with Gasteiger partial charge in [-0.15, -0.1) is 0 Å². The minimum absolute atomic E-state index is 0.0389. The Morgan fingerprint density at radius 2 is 1.90 bits per heavy atom. The van der Waals surface area contributed by atoms with Crippen molar-refractivity contribution in [2.45, 2.75) is 31.0 Å². The molecule has 1 aliphatic heterocycles. The van der Waals surface area contributed by atoms with Crippen molar-refractivity contribution in [2.75, 3.05) is 37.8 Å². The molecule has 2 atom stereocenters. The SMILES string of the molecule is C[C@@H]1CN(c2snc(N)c2S(=O)(=O)N(C)C)C[C@H](C)O1. The summed E-state index contributed by atoms with van der Waals surface area (Å²) in [7, 11) is -0.632. The maximum absolute atomic E-state index is 12.4. The first-order valence-corrected chi connectivity index (χ1v) is 8.53. The van der Waals surface area contributed by atoms with Gasteiger partial charge in [-0.1, -0.05) is 0 Å². The molecular weight excluding hydrogens is 300 g/mol. The van der Waals surface area contributed by atoms with Crippen molar-refractivity contribution in [1.82, 2.24) is 8.68 Å². The van der Waals surface area contributed by atoms with Crippen molar-refractivity contribution < 1.29 is 13.2 Å². The lowest BCUT2D eigenvalue weighted by molar-refractivity contribution is -0.00515. The number of hydrogen-bond acceptors (Lipinski definition) is 7. The third kappa shape index (κ3) is 2.76. The van der Waals surface area contributed by atoms with Gasteiger partial charge in [0.25, 0.3) is 0 Å². The van der Waals surface area contributed by atoms with E-state index in [1.807, 2.05) is 18.7 Å². The van der Waals surface area contributed by atoms with Crippen LogP contribution in [0.3, 0.4) is 0 Å². The summed E-state index contributed by atoms with van der Waals surface area (Å²) in [5, 5.41) is 0.596. The molecule has 0 aromatic carbocycles. The Morgan fingerprint density at radius 1 is 1.35 bits per heavy atom. The maximum atomic E-state index is 12.4. The lowest BCUT2D eigenvalue weighted by atomic mass is 10.2. The quantitative estimate of drug-likeness (QED) is 0.877. The summed E-state index contributed by atoms with van der Waals surface area (Å²) in [4.78, 5) is 2.09. The van der Waals surface area contributed by atoms with Crippen LogP contribution in [0.5, 0.6) is 0 Å². The second-order valence-corrected chi connectivity index (χ2v) is 7.99. The first-order chi connectivity index (χ1) is 9.23. The van der Waals surface area contributed by atoms with Gasteiger partial charge in [0.05, 0.1) is 12.2 Å². The third-order valence-corrected chi connectivity index (χ3v) is 6.04. The lowest BCUT2D eigenvalue weighted by Crippen LogP contribution is -2.45. The molecule has 0 saturated carbocycles. The van der Waals surface area contributed by atoms with Gasteiger partial charge in [0.2, 0.25) is 10.0 Å². The molecule has 0 aliphatic carbocycles. The summed E-state index contributed by atoms with van der Waals surface area (Å²) in [6.07, 6.45) is 0.0777. The smallest absolute Gasteiger partial charge is 0.249 e. The number of hydrogen-bond donors (Lipinski definition) is 1. The first kappa shape index (κ1) is 15.5. The van der Waals surface area contributed by atoms with Crippen LogP contribution in [-0.4, -0.2) is 56.5 Å². The zero-order chi connectivity index (χ0) is 15.1. The molecule has 2 rings (SSSR count). The molecule has 1 aromatic rings. The van der Waals surface area contributed by atoms with E-state index in [1.54, 1.807) is 0 Å². The van der Waals surface area contributed by atoms with Gasteiger partial charge in [-0.3, -0.25) is 0 Å². The Morgan fingerprint density at radius 3 is 2.40 bits per heavy atom. The molecule has 0 unspecified atom stereocenters. The van der Waals surface area contributed by atoms with Gasteiger partial charge in [-0.2, -0.15) is 4.37 Å². The predicted molar refractivity (Wildman–Crippen MR) is 79.6 cm³/mol. The lowest BCUT2D eigenvalue weighted by Gasteiger charge is -2.36. The molecule has 7 nitrogen and oxygen atoms in total. The largest absolute Gasteiger partial charge is 0.382 e. The highest BCUT2D eigenvalue weighted by atomic mass is 32.2. The first-order valence-electron chi connectivity index (χ1n) is 6.31. The zero-order valence-corrected chi connectivity index (χ0v) is 13.7. The zero-order valence-electron chi connectivity index (χ0n) is 12.0. The second kappa shape index (κ2) is 5.47. The second-order valence-electron chi connectivity index (χ2n) is 5.15. The van der Waals surface area contributed by atoms with E-state index < -0.39 is 10.0 Å². The Bertz CT molecular complexity index is 574. The summed E-state index contributed by atoms with van der Waals surface area (Å²) < 4.78 is 35.6. The standard InChI is InChI=1S/C11H20N4O3S2/c1-7-5-15(6-8(2)18-7)11-9(10(12)13-19-11)20(16,17)14(3)4/h7-8H,5-6H2,1-4H3,(H2,12,13)/t7-,8+. The highest BCUT2D eigenvalue weighted by molar-refractivity contribution is 7.89. The molecule has 0 amide bonds. The Kier molecular flexibility index (Phi) is 4.24. The van der Waals surface area contributed by atoms with Crippen LogP contribution in [0.1, 0.15) is 13.8 Å². The number of nitrogen functional groups attached to an aromatic ring is 1. The van der Waals surface area contributed by atoms with Crippen molar-refractivity contribution in [3.63, 3.8) is 0 Å². The topological polar surface area (TPSA) is 88.8 Å². The number of nitrogens with zero attached hydrogens (tertiary/aromatic N) is 3. The molecule has 0 spiro atoms. The number of anilines is 2. The van der Waals surface area contributed by atoms with Crippen molar-refractivity contribution in [2.24, 2.45) is 0 Å². The van der Waals surface area contributed by atoms with Crippen LogP contribution in [0.25, 0.3) is 0 Å². The Labute approximate surface area is 123 Å². The molecular formula is C11H20N4O3S2. The van der Waals surface area contributed by atoms with E-state index in [0.29, 0.717) is 18.1 Å². The molecule has 0 bridgehead atoms. The molecule has 1 aliphatic rings. The number of aromatic nitrogens is 1. The monoisotopic (exact) mass is 320 g/mol. The number of sulfonamides is 1. The molecule has 2 heterocycles. The molecule has 20 heavy (non-hydrogen) atoms. The van der Waals surface area contributed by atoms with Crippen LogP contribution in [0, 0.1) is 0 Å². The van der Waals surface area contributed by atoms with Gasteiger partial charge >= 0.3 is 0 Å². The van der Waals surface area contributed by atoms with E-state index in [4.69, 9.17) is 10.5 Å². The Hall–Kier alpha value is -0.900.